The van der Waals surface area contributed by atoms with Gasteiger partial charge < -0.3 is 21.1 Å². The molecule has 0 aromatic carbocycles. The van der Waals surface area contributed by atoms with E-state index in [2.05, 4.69) is 222 Å². The van der Waals surface area contributed by atoms with Crippen molar-refractivity contribution in [1.82, 2.24) is 88.7 Å². The van der Waals surface area contributed by atoms with E-state index >= 15 is 0 Å². The van der Waals surface area contributed by atoms with Crippen LogP contribution in [0, 0.1) is 68.5 Å². The molecule has 4 N–H and O–H groups in total. The lowest BCUT2D eigenvalue weighted by molar-refractivity contribution is -0.125. The highest BCUT2D eigenvalue weighted by Crippen LogP contribution is 2.61. The number of nitrogen functional groups attached to an aromatic ring is 1. The number of hydrogen-bond donors (Lipinski definition) is 3. The van der Waals surface area contributed by atoms with Gasteiger partial charge in [-0.15, -0.1) is 6.42 Å². The molecule has 0 spiro atoms. The fraction of sp³-hybridized carbons (Fsp3) is 0.387. The summed E-state index contributed by atoms with van der Waals surface area (Å²) in [5, 5.41) is 5.60. The summed E-state index contributed by atoms with van der Waals surface area (Å²) in [5.41, 5.74) is 11.6. The first-order valence-corrected chi connectivity index (χ1v) is 46.8. The average molecular weight is 1870 g/mol. The number of pyridine rings is 8. The van der Waals surface area contributed by atoms with Crippen molar-refractivity contribution in [2.75, 3.05) is 18.8 Å². The number of carbonyl (C=O) groups excluding carboxylic acids is 3. The van der Waals surface area contributed by atoms with E-state index in [-0.39, 0.29) is 84.3 Å². The summed E-state index contributed by atoms with van der Waals surface area (Å²) >= 11 is 31.0. The SMILES string of the molecule is C#Cc1ccccn1.CC1(C)CCC(=O)NC1.CC1(C)CCNC(=O)C1.CC1(C)CCc2nc3nc(C#Cc4ccccn4)ccc3c(=O)n2C1.CC1(C)CCc2nc3nc(Cl)ccc3c(=O)n2C1.CC1(C)CCn2c(nc3nc(C#Cc4ccccn4)ccc3c2=O)C1.CC1(C)CCn2c(nc3nc(Cl)ccc3c2=O)C1.Nc1nc(Cl)ccc1OC=O.O=P(Cl)(Cl)Cl. The number of ether oxygens (including phenoxy) is 1. The van der Waals surface area contributed by atoms with Gasteiger partial charge in [0.2, 0.25) is 11.8 Å². The van der Waals surface area contributed by atoms with Crippen LogP contribution in [0.5, 0.6) is 5.75 Å². The van der Waals surface area contributed by atoms with Crippen molar-refractivity contribution in [2.24, 2.45) is 32.5 Å². The summed E-state index contributed by atoms with van der Waals surface area (Å²) in [6, 6.07) is 33.4. The zero-order chi connectivity index (χ0) is 93.1. The minimum Gasteiger partial charge on any atom is -0.425 e. The number of halogens is 6. The van der Waals surface area contributed by atoms with Gasteiger partial charge in [-0.05, 0) is 225 Å². The van der Waals surface area contributed by atoms with E-state index in [4.69, 9.17) is 47.0 Å². The van der Waals surface area contributed by atoms with Crippen LogP contribution in [-0.2, 0) is 70.8 Å². The van der Waals surface area contributed by atoms with Crippen molar-refractivity contribution < 1.29 is 23.7 Å². The fourth-order valence-corrected chi connectivity index (χ4v) is 14.6. The number of nitrogens with two attached hydrogens (primary N) is 1. The number of aryl methyl sites for hydroxylation is 2. The molecule has 6 aliphatic heterocycles. The van der Waals surface area contributed by atoms with E-state index < -0.39 is 5.20 Å². The zero-order valence-electron chi connectivity index (χ0n) is 73.2. The number of fused-ring (bicyclic) bond motifs is 8. The van der Waals surface area contributed by atoms with E-state index in [1.54, 1.807) is 91.5 Å². The van der Waals surface area contributed by atoms with Crippen LogP contribution in [0.25, 0.3) is 44.1 Å². The minimum atomic E-state index is -3.22. The van der Waals surface area contributed by atoms with Gasteiger partial charge in [0.05, 0.1) is 21.5 Å². The van der Waals surface area contributed by atoms with E-state index in [9.17, 15) is 38.1 Å². The van der Waals surface area contributed by atoms with Crippen LogP contribution in [0.2, 0.25) is 15.5 Å². The van der Waals surface area contributed by atoms with Gasteiger partial charge in [-0.1, -0.05) is 142 Å². The smallest absolute Gasteiger partial charge is 0.339 e. The Hall–Kier alpha value is -11.4. The maximum atomic E-state index is 12.8. The van der Waals surface area contributed by atoms with Gasteiger partial charge in [-0.25, -0.2) is 59.8 Å². The first kappa shape index (κ1) is 98.8. The number of hydrogen-bond acceptors (Lipinski definition) is 22. The summed E-state index contributed by atoms with van der Waals surface area (Å²) in [6.07, 6.45) is 20.9. The summed E-state index contributed by atoms with van der Waals surface area (Å²) in [4.78, 5) is 133. The predicted octanol–water partition coefficient (Wildman–Crippen LogP) is 16.5. The fourth-order valence-electron chi connectivity index (χ4n) is 14.2. The Bertz CT molecular complexity index is 6560. The maximum Gasteiger partial charge on any atom is 0.339 e. The molecule has 2 saturated heterocycles. The van der Waals surface area contributed by atoms with Crippen LogP contribution < -0.4 is 43.3 Å². The Kier molecular flexibility index (Phi) is 33.3. The molecule has 28 nitrogen and oxygen atoms in total. The van der Waals surface area contributed by atoms with E-state index in [0.29, 0.717) is 121 Å². The van der Waals surface area contributed by atoms with Crippen LogP contribution >= 0.6 is 73.7 Å². The van der Waals surface area contributed by atoms with Crippen molar-refractivity contribution >= 4 is 142 Å². The largest absolute Gasteiger partial charge is 0.425 e. The Morgan fingerprint density at radius 3 is 1.15 bits per heavy atom. The standard InChI is InChI=1S/2C20H18N4O.2C13H14ClN3O.2C7H13NO.C7H5N.C6H5ClN2O2.Cl3OP/c1-20(2)11-10-17-23-18-16(19(25)24(17)13-20)9-8-15(22-18)7-6-14-5-3-4-12-21-14;1-20(2)10-12-24-17(13-20)23-18-16(19(24)25)9-8-15(22-18)7-6-14-5-3-4-11-21-14;1-13(2)5-6-17-10(7-13)16-11-8(12(17)18)3-4-9(14)15-11;1-13(2)6-5-10-16-11-8(3-4-9(14)15-11)12(18)17(10)7-13;1-7(2)3-4-8-6(9)5-7;1-7(2)4-3-6(9)8-5-7;1-2-7-5-3-4-6-8-7;7-5-2-1-4(11-3-10)6(8)9-5;1-5(2,3)4/h3-5,8-9,12H,10-11,13H2,1-2H3;3-5,8-9,11H,10,12-13H2,1-2H3;2*3-4H,5-7H2,1-2H3;2*3-5H2,1-2H3,(H,8,9);1,3-6H;1-3H,(H2,8,9);. The number of amides is 2. The van der Waals surface area contributed by atoms with Crippen molar-refractivity contribution in [2.45, 2.75) is 186 Å². The molecule has 2 amide bonds. The molecular formula is C93H100Cl6N19O9P. The second-order valence-corrected chi connectivity index (χ2v) is 43.6. The van der Waals surface area contributed by atoms with Gasteiger partial charge >= 0.3 is 5.20 Å². The van der Waals surface area contributed by atoms with E-state index in [1.165, 1.54) is 12.1 Å². The molecule has 0 saturated carbocycles. The second kappa shape index (κ2) is 43.2. The van der Waals surface area contributed by atoms with Crippen LogP contribution in [0.3, 0.4) is 0 Å². The molecule has 12 aromatic heterocycles. The van der Waals surface area contributed by atoms with Crippen molar-refractivity contribution in [1.29, 1.82) is 0 Å². The van der Waals surface area contributed by atoms with Crippen LogP contribution in [0.15, 0.2) is 153 Å². The summed E-state index contributed by atoms with van der Waals surface area (Å²) < 4.78 is 21.1. The van der Waals surface area contributed by atoms with Crippen LogP contribution in [0.4, 0.5) is 5.82 Å². The van der Waals surface area contributed by atoms with Crippen LogP contribution in [0.1, 0.15) is 186 Å². The number of carbonyl (C=O) groups is 3. The molecule has 0 aliphatic carbocycles. The maximum absolute atomic E-state index is 12.8. The number of piperidine rings is 2. The molecule has 0 bridgehead atoms. The van der Waals surface area contributed by atoms with Gasteiger partial charge in [0.25, 0.3) is 28.7 Å². The second-order valence-electron chi connectivity index (χ2n) is 35.8. The first-order chi connectivity index (χ1) is 60.3. The normalized spacial score (nSPS) is 16.3. The Morgan fingerprint density at radius 2 is 0.789 bits per heavy atom. The summed E-state index contributed by atoms with van der Waals surface area (Å²) in [7, 11) is 0. The van der Waals surface area contributed by atoms with Crippen molar-refractivity contribution in [3.63, 3.8) is 0 Å². The molecule has 35 heteroatoms. The minimum absolute atomic E-state index is 0.00494. The molecule has 0 unspecified atom stereocenters. The van der Waals surface area contributed by atoms with E-state index in [0.717, 1.165) is 107 Å². The Balaban J connectivity index is 0.000000156. The average Bonchev–Trinajstić information content (AvgIpc) is 0.777. The lowest BCUT2D eigenvalue weighted by Gasteiger charge is -2.31. The molecule has 0 radical (unpaired) electrons. The number of anilines is 1. The lowest BCUT2D eigenvalue weighted by Crippen LogP contribution is -2.39. The lowest BCUT2D eigenvalue weighted by atomic mass is 9.83. The molecule has 128 heavy (non-hydrogen) atoms. The molecule has 18 heterocycles. The number of nitrogens with zero attached hydrogens (tertiary/aromatic N) is 16. The highest BCUT2D eigenvalue weighted by atomic mass is 36.0. The van der Waals surface area contributed by atoms with Crippen LogP contribution in [-0.4, -0.2) is 109 Å². The highest BCUT2D eigenvalue weighted by Gasteiger charge is 2.33. The third kappa shape index (κ3) is 29.3. The number of rotatable bonds is 2. The summed E-state index contributed by atoms with van der Waals surface area (Å²) in [6.45, 7) is 30.9. The van der Waals surface area contributed by atoms with Gasteiger partial charge in [-0.2, -0.15) is 0 Å². The predicted molar refractivity (Wildman–Crippen MR) is 504 cm³/mol. The number of nitrogens with one attached hydrogen (secondary N) is 2. The quantitative estimate of drug-likeness (QED) is 0.0626. The van der Waals surface area contributed by atoms with Gasteiger partial charge in [0.1, 0.15) is 67.2 Å². The number of aromatic nitrogens is 16. The van der Waals surface area contributed by atoms with Crippen molar-refractivity contribution in [3.8, 4) is 41.8 Å². The Labute approximate surface area is 771 Å². The number of terminal acetylenes is 1. The third-order valence-electron chi connectivity index (χ3n) is 21.4. The van der Waals surface area contributed by atoms with Gasteiger partial charge in [0, 0.05) is 96.4 Å². The molecule has 12 aromatic rings. The van der Waals surface area contributed by atoms with Gasteiger partial charge in [-0.3, -0.25) is 56.4 Å². The molecule has 18 rings (SSSR count). The highest BCUT2D eigenvalue weighted by molar-refractivity contribution is 8.24. The Morgan fingerprint density at radius 1 is 0.414 bits per heavy atom. The van der Waals surface area contributed by atoms with Gasteiger partial charge in [0.15, 0.2) is 34.2 Å². The van der Waals surface area contributed by atoms with Crippen molar-refractivity contribution in [3.05, 3.63) is 242 Å². The molecule has 2 fully saturated rings. The molecule has 668 valence electrons. The zero-order valence-corrected chi connectivity index (χ0v) is 78.6. The third-order valence-corrected chi connectivity index (χ3v) is 22.0. The molecule has 0 atom stereocenters. The van der Waals surface area contributed by atoms with E-state index in [1.807, 2.05) is 48.5 Å². The molecule has 6 aliphatic rings. The topological polar surface area (TPSA) is 370 Å². The molecular weight excluding hydrogens is 1770 g/mol. The first-order valence-electron chi connectivity index (χ1n) is 41.2. The monoisotopic (exact) mass is 1870 g/mol. The summed E-state index contributed by atoms with van der Waals surface area (Å²) in [5.74, 6) is 18.4.